The minimum absolute atomic E-state index is 0.0324. The van der Waals surface area contributed by atoms with Gasteiger partial charge in [-0.25, -0.2) is 0 Å². The highest BCUT2D eigenvalue weighted by Gasteiger charge is 2.36. The number of ether oxygens (including phenoxy) is 1. The van der Waals surface area contributed by atoms with Crippen LogP contribution in [-0.4, -0.2) is 18.7 Å². The monoisotopic (exact) mass is 330 g/mol. The van der Waals surface area contributed by atoms with Crippen molar-refractivity contribution in [3.05, 3.63) is 9.81 Å². The molecule has 0 aliphatic heterocycles. The lowest BCUT2D eigenvalue weighted by Gasteiger charge is -2.16. The molecule has 126 valence electrons. The van der Waals surface area contributed by atoms with Crippen LogP contribution in [0.5, 0.6) is 0 Å². The van der Waals surface area contributed by atoms with Gasteiger partial charge in [-0.15, -0.1) is 9.81 Å². The van der Waals surface area contributed by atoms with Crippen LogP contribution in [-0.2, 0) is 9.53 Å². The molecular weight excluding hydrogens is 303 g/mol. The maximum atomic E-state index is 12.1. The molecule has 0 N–H and O–H groups in total. The van der Waals surface area contributed by atoms with Crippen LogP contribution in [0.25, 0.3) is 0 Å². The Hall–Kier alpha value is -0.900. The molecule has 1 aliphatic rings. The zero-order valence-corrected chi connectivity index (χ0v) is 14.5. The van der Waals surface area contributed by atoms with Gasteiger partial charge in [0.2, 0.25) is 8.22 Å². The predicted molar refractivity (Wildman–Crippen MR) is 88.5 cm³/mol. The first-order chi connectivity index (χ1) is 10.6. The number of nitroso groups, excluding NO2 is 2. The Bertz CT molecular complexity index is 359. The van der Waals surface area contributed by atoms with Crippen molar-refractivity contribution >= 4 is 14.2 Å². The summed E-state index contributed by atoms with van der Waals surface area (Å²) in [6.45, 7) is 4.81. The van der Waals surface area contributed by atoms with Gasteiger partial charge in [0, 0.05) is 6.16 Å². The Morgan fingerprint density at radius 1 is 1.14 bits per heavy atom. The second-order valence-electron chi connectivity index (χ2n) is 6.19. The van der Waals surface area contributed by atoms with Gasteiger partial charge in [-0.1, -0.05) is 33.1 Å². The zero-order valence-electron chi connectivity index (χ0n) is 13.6. The van der Waals surface area contributed by atoms with E-state index in [0.717, 1.165) is 44.9 Å². The third kappa shape index (κ3) is 6.47. The van der Waals surface area contributed by atoms with Gasteiger partial charge in [0.1, 0.15) is 0 Å². The van der Waals surface area contributed by atoms with Crippen molar-refractivity contribution in [1.82, 2.24) is 0 Å². The molecule has 0 spiro atoms. The van der Waals surface area contributed by atoms with Crippen LogP contribution in [0.2, 0.25) is 0 Å². The van der Waals surface area contributed by atoms with Gasteiger partial charge in [0.15, 0.2) is 0 Å². The first-order valence-corrected chi connectivity index (χ1v) is 9.66. The van der Waals surface area contributed by atoms with Crippen molar-refractivity contribution in [3.63, 3.8) is 0 Å². The summed E-state index contributed by atoms with van der Waals surface area (Å²) < 4.78 is 5.40. The Morgan fingerprint density at radius 3 is 2.45 bits per heavy atom. The third-order valence-corrected chi connectivity index (χ3v) is 5.54. The molecule has 0 amide bonds. The van der Waals surface area contributed by atoms with E-state index in [1.807, 2.05) is 0 Å². The number of esters is 1. The minimum atomic E-state index is -1.56. The predicted octanol–water partition coefficient (Wildman–Crippen LogP) is 5.01. The van der Waals surface area contributed by atoms with Crippen molar-refractivity contribution in [1.29, 1.82) is 0 Å². The molecule has 0 saturated heterocycles. The lowest BCUT2D eigenvalue weighted by atomic mass is 9.94. The van der Waals surface area contributed by atoms with E-state index in [4.69, 9.17) is 4.74 Å². The van der Waals surface area contributed by atoms with Gasteiger partial charge in [-0.2, -0.15) is 0 Å². The van der Waals surface area contributed by atoms with E-state index in [1.165, 1.54) is 0 Å². The lowest BCUT2D eigenvalue weighted by Crippen LogP contribution is -2.21. The molecule has 1 rings (SSSR count). The molecule has 1 saturated carbocycles. The second kappa shape index (κ2) is 10.8. The van der Waals surface area contributed by atoms with Crippen molar-refractivity contribution < 1.29 is 9.53 Å². The third-order valence-electron chi connectivity index (χ3n) is 4.44. The summed E-state index contributed by atoms with van der Waals surface area (Å²) in [6, 6.07) is 0. The average Bonchev–Trinajstić information content (AvgIpc) is 2.91. The average molecular weight is 330 g/mol. The van der Waals surface area contributed by atoms with Crippen LogP contribution < -0.4 is 0 Å². The van der Waals surface area contributed by atoms with E-state index in [-0.39, 0.29) is 11.9 Å². The molecule has 0 aromatic heterocycles. The molecule has 7 heteroatoms. The highest BCUT2D eigenvalue weighted by atomic mass is 31.1. The number of unbranched alkanes of at least 4 members (excludes halogenated alkanes) is 3. The second-order valence-corrected chi connectivity index (χ2v) is 7.71. The molecule has 6 nitrogen and oxygen atoms in total. The zero-order chi connectivity index (χ0) is 16.4. The first-order valence-electron chi connectivity index (χ1n) is 8.23. The quantitative estimate of drug-likeness (QED) is 0.231. The van der Waals surface area contributed by atoms with E-state index in [0.29, 0.717) is 24.6 Å². The number of hydrogen-bond acceptors (Lipinski definition) is 6. The fourth-order valence-electron chi connectivity index (χ4n) is 3.23. The lowest BCUT2D eigenvalue weighted by molar-refractivity contribution is -0.150. The molecule has 22 heavy (non-hydrogen) atoms. The number of carbonyl (C=O) groups is 1. The molecule has 1 fully saturated rings. The molecular formula is C15H27N2O4P. The van der Waals surface area contributed by atoms with Gasteiger partial charge < -0.3 is 4.74 Å². The fraction of sp³-hybridized carbons (Fsp3) is 0.933. The van der Waals surface area contributed by atoms with Gasteiger partial charge in [0.05, 0.1) is 12.5 Å². The molecule has 0 radical (unpaired) electrons. The van der Waals surface area contributed by atoms with Crippen LogP contribution in [0.3, 0.4) is 0 Å². The minimum Gasteiger partial charge on any atom is -0.465 e. The molecule has 0 heterocycles. The molecule has 0 aromatic rings. The highest BCUT2D eigenvalue weighted by molar-refractivity contribution is 7.54. The van der Waals surface area contributed by atoms with Crippen LogP contribution >= 0.6 is 8.22 Å². The molecule has 3 unspecified atom stereocenters. The van der Waals surface area contributed by atoms with Crippen LogP contribution in [0, 0.1) is 27.6 Å². The van der Waals surface area contributed by atoms with E-state index in [9.17, 15) is 14.6 Å². The highest BCUT2D eigenvalue weighted by Crippen LogP contribution is 2.39. The standard InChI is InChI=1S/C15H27N2O4P/c1-3-13-10-12(2)11-14(13)15(18)21-8-6-4-5-7-9-22(16-19)17-20/h12-14H,3-11H2,1-2H3. The van der Waals surface area contributed by atoms with Gasteiger partial charge in [0.25, 0.3) is 0 Å². The van der Waals surface area contributed by atoms with E-state index in [1.54, 1.807) is 0 Å². The molecule has 3 atom stereocenters. The smallest absolute Gasteiger partial charge is 0.309 e. The number of hydrogen-bond donors (Lipinski definition) is 0. The molecule has 0 bridgehead atoms. The molecule has 0 aromatic carbocycles. The summed E-state index contributed by atoms with van der Waals surface area (Å²) in [7, 11) is -1.56. The largest absolute Gasteiger partial charge is 0.465 e. The van der Waals surface area contributed by atoms with Crippen LogP contribution in [0.1, 0.15) is 58.8 Å². The van der Waals surface area contributed by atoms with Crippen LogP contribution in [0.4, 0.5) is 0 Å². The van der Waals surface area contributed by atoms with Crippen molar-refractivity contribution in [2.75, 3.05) is 12.8 Å². The topological polar surface area (TPSA) is 85.2 Å². The van der Waals surface area contributed by atoms with Gasteiger partial charge in [-0.3, -0.25) is 4.79 Å². The fourth-order valence-corrected chi connectivity index (χ4v) is 3.93. The van der Waals surface area contributed by atoms with Crippen molar-refractivity contribution in [2.24, 2.45) is 27.6 Å². The number of carbonyl (C=O) groups excluding carboxylic acids is 1. The Balaban J connectivity index is 2.08. The van der Waals surface area contributed by atoms with E-state index >= 15 is 0 Å². The maximum Gasteiger partial charge on any atom is 0.309 e. The van der Waals surface area contributed by atoms with Gasteiger partial charge in [-0.05, 0) is 47.4 Å². The Morgan fingerprint density at radius 2 is 1.82 bits per heavy atom. The first kappa shape index (κ1) is 19.1. The SMILES string of the molecule is CCC1CC(C)CC1C(=O)OCCCCCCP(N=O)N=O. The number of nitrogens with zero attached hydrogens (tertiary/aromatic N) is 2. The molecule has 1 aliphatic carbocycles. The van der Waals surface area contributed by atoms with E-state index in [2.05, 4.69) is 23.7 Å². The van der Waals surface area contributed by atoms with Crippen molar-refractivity contribution in [3.8, 4) is 0 Å². The summed E-state index contributed by atoms with van der Waals surface area (Å²) >= 11 is 0. The van der Waals surface area contributed by atoms with Gasteiger partial charge >= 0.3 is 5.97 Å². The summed E-state index contributed by atoms with van der Waals surface area (Å²) in [6.07, 6.45) is 7.03. The summed E-state index contributed by atoms with van der Waals surface area (Å²) in [5, 5.41) is 0. The summed E-state index contributed by atoms with van der Waals surface area (Å²) in [4.78, 5) is 37.9. The Labute approximate surface area is 133 Å². The summed E-state index contributed by atoms with van der Waals surface area (Å²) in [5.41, 5.74) is 0. The maximum absolute atomic E-state index is 12.1. The van der Waals surface area contributed by atoms with E-state index < -0.39 is 8.22 Å². The summed E-state index contributed by atoms with van der Waals surface area (Å²) in [5.74, 6) is 1.15. The Kier molecular flexibility index (Phi) is 9.37. The van der Waals surface area contributed by atoms with Crippen molar-refractivity contribution in [2.45, 2.75) is 58.8 Å². The normalized spacial score (nSPS) is 24.4. The van der Waals surface area contributed by atoms with Crippen LogP contribution in [0.15, 0.2) is 9.89 Å². The number of rotatable bonds is 11.